The van der Waals surface area contributed by atoms with Crippen molar-refractivity contribution in [3.05, 3.63) is 34.1 Å². The number of hydrogen-bond donors (Lipinski definition) is 1. The van der Waals surface area contributed by atoms with Crippen LogP contribution in [0.15, 0.2) is 22.6 Å². The number of benzene rings is 1. The van der Waals surface area contributed by atoms with Crippen LogP contribution in [0.1, 0.15) is 5.89 Å². The van der Waals surface area contributed by atoms with E-state index in [0.717, 1.165) is 0 Å². The Morgan fingerprint density at radius 1 is 1.11 bits per heavy atom. The molecule has 1 aromatic heterocycles. The van der Waals surface area contributed by atoms with Crippen LogP contribution in [0.25, 0.3) is 11.3 Å². The standard InChI is InChI=1S/C10H5Cl2F3N2O/c11-5-1-4(2-6(12)3-5)7-8(16)18-9(17-7)10(13,14)15/h1-3H,16H2. The first-order chi connectivity index (χ1) is 8.27. The molecule has 18 heavy (non-hydrogen) atoms. The Balaban J connectivity index is 2.54. The van der Waals surface area contributed by atoms with E-state index in [1.807, 2.05) is 0 Å². The summed E-state index contributed by atoms with van der Waals surface area (Å²) in [6, 6.07) is 4.22. The van der Waals surface area contributed by atoms with Gasteiger partial charge < -0.3 is 10.2 Å². The van der Waals surface area contributed by atoms with Gasteiger partial charge in [-0.25, -0.2) is 4.98 Å². The number of halogens is 5. The molecule has 0 spiro atoms. The molecule has 2 aromatic rings. The van der Waals surface area contributed by atoms with Crippen LogP contribution >= 0.6 is 23.2 Å². The molecule has 0 saturated heterocycles. The van der Waals surface area contributed by atoms with Crippen molar-refractivity contribution in [1.82, 2.24) is 4.98 Å². The maximum atomic E-state index is 12.4. The lowest BCUT2D eigenvalue weighted by atomic mass is 10.1. The van der Waals surface area contributed by atoms with Gasteiger partial charge in [-0.3, -0.25) is 0 Å². The molecule has 0 amide bonds. The third-order valence-electron chi connectivity index (χ3n) is 2.03. The molecule has 0 bridgehead atoms. The second-order valence-corrected chi connectivity index (χ2v) is 4.26. The second kappa shape index (κ2) is 4.37. The summed E-state index contributed by atoms with van der Waals surface area (Å²) < 4.78 is 41.5. The number of aromatic nitrogens is 1. The highest BCUT2D eigenvalue weighted by Gasteiger charge is 2.38. The van der Waals surface area contributed by atoms with Crippen LogP contribution in [-0.4, -0.2) is 4.98 Å². The van der Waals surface area contributed by atoms with Gasteiger partial charge >= 0.3 is 12.1 Å². The van der Waals surface area contributed by atoms with Crippen LogP contribution in [0.5, 0.6) is 0 Å². The molecular formula is C10H5Cl2F3N2O. The lowest BCUT2D eigenvalue weighted by Crippen LogP contribution is -2.04. The van der Waals surface area contributed by atoms with E-state index in [0.29, 0.717) is 0 Å². The largest absolute Gasteiger partial charge is 0.469 e. The second-order valence-electron chi connectivity index (χ2n) is 3.39. The van der Waals surface area contributed by atoms with E-state index >= 15 is 0 Å². The first kappa shape index (κ1) is 13.0. The van der Waals surface area contributed by atoms with Gasteiger partial charge in [0.2, 0.25) is 5.88 Å². The Kier molecular flexibility index (Phi) is 3.16. The van der Waals surface area contributed by atoms with Crippen molar-refractivity contribution in [3.63, 3.8) is 0 Å². The Bertz CT molecular complexity index is 575. The SMILES string of the molecule is Nc1oc(C(F)(F)F)nc1-c1cc(Cl)cc(Cl)c1. The van der Waals surface area contributed by atoms with E-state index in [1.54, 1.807) is 0 Å². The molecule has 0 atom stereocenters. The monoisotopic (exact) mass is 296 g/mol. The predicted molar refractivity (Wildman–Crippen MR) is 61.4 cm³/mol. The zero-order valence-corrected chi connectivity index (χ0v) is 10.1. The Morgan fingerprint density at radius 3 is 2.11 bits per heavy atom. The molecule has 8 heteroatoms. The molecule has 0 saturated carbocycles. The van der Waals surface area contributed by atoms with Crippen LogP contribution < -0.4 is 5.73 Å². The third-order valence-corrected chi connectivity index (χ3v) is 2.47. The van der Waals surface area contributed by atoms with E-state index in [2.05, 4.69) is 9.40 Å². The number of nitrogens with two attached hydrogens (primary N) is 1. The van der Waals surface area contributed by atoms with Crippen molar-refractivity contribution in [2.24, 2.45) is 0 Å². The molecule has 0 aliphatic heterocycles. The van der Waals surface area contributed by atoms with Crippen molar-refractivity contribution >= 4 is 29.1 Å². The number of nitrogens with zero attached hydrogens (tertiary/aromatic N) is 1. The van der Waals surface area contributed by atoms with Crippen molar-refractivity contribution in [1.29, 1.82) is 0 Å². The number of oxazole rings is 1. The van der Waals surface area contributed by atoms with Gasteiger partial charge in [0, 0.05) is 15.6 Å². The normalized spacial score (nSPS) is 11.8. The summed E-state index contributed by atoms with van der Waals surface area (Å²) in [5, 5.41) is 0.516. The van der Waals surface area contributed by atoms with Crippen LogP contribution in [0.4, 0.5) is 19.1 Å². The molecule has 0 radical (unpaired) electrons. The fourth-order valence-electron chi connectivity index (χ4n) is 1.35. The van der Waals surface area contributed by atoms with Gasteiger partial charge in [0.25, 0.3) is 0 Å². The van der Waals surface area contributed by atoms with Crippen molar-refractivity contribution < 1.29 is 17.6 Å². The maximum absolute atomic E-state index is 12.4. The Hall–Kier alpha value is -1.40. The minimum atomic E-state index is -4.70. The fraction of sp³-hybridized carbons (Fsp3) is 0.100. The predicted octanol–water partition coefficient (Wildman–Crippen LogP) is 4.25. The van der Waals surface area contributed by atoms with Crippen LogP contribution in [0.3, 0.4) is 0 Å². The number of hydrogen-bond acceptors (Lipinski definition) is 3. The van der Waals surface area contributed by atoms with Gasteiger partial charge in [-0.2, -0.15) is 13.2 Å². The Morgan fingerprint density at radius 2 is 1.67 bits per heavy atom. The van der Waals surface area contributed by atoms with Gasteiger partial charge in [-0.1, -0.05) is 23.2 Å². The van der Waals surface area contributed by atoms with E-state index in [-0.39, 0.29) is 21.3 Å². The zero-order valence-electron chi connectivity index (χ0n) is 8.55. The number of anilines is 1. The number of alkyl halides is 3. The van der Waals surface area contributed by atoms with E-state index in [4.69, 9.17) is 28.9 Å². The van der Waals surface area contributed by atoms with Crippen molar-refractivity contribution in [2.75, 3.05) is 5.73 Å². The Labute approximate surface area is 109 Å². The molecule has 0 aliphatic rings. The smallest absolute Gasteiger partial charge is 0.416 e. The molecule has 0 fully saturated rings. The zero-order chi connectivity index (χ0) is 13.5. The van der Waals surface area contributed by atoms with E-state index in [9.17, 15) is 13.2 Å². The summed E-state index contributed by atoms with van der Waals surface area (Å²) in [6.45, 7) is 0. The molecule has 1 aromatic carbocycles. The average molecular weight is 297 g/mol. The quantitative estimate of drug-likeness (QED) is 0.856. The van der Waals surface area contributed by atoms with E-state index < -0.39 is 18.0 Å². The number of rotatable bonds is 1. The minimum Gasteiger partial charge on any atom is -0.416 e. The topological polar surface area (TPSA) is 52.0 Å². The fourth-order valence-corrected chi connectivity index (χ4v) is 1.88. The highest BCUT2D eigenvalue weighted by atomic mass is 35.5. The van der Waals surface area contributed by atoms with Crippen molar-refractivity contribution in [3.8, 4) is 11.3 Å². The van der Waals surface area contributed by atoms with E-state index in [1.165, 1.54) is 18.2 Å². The van der Waals surface area contributed by atoms with Gasteiger partial charge in [0.05, 0.1) is 0 Å². The van der Waals surface area contributed by atoms with Gasteiger partial charge in [-0.05, 0) is 18.2 Å². The average Bonchev–Trinajstić information content (AvgIpc) is 2.58. The summed E-state index contributed by atoms with van der Waals surface area (Å²) in [7, 11) is 0. The summed E-state index contributed by atoms with van der Waals surface area (Å²) in [6.07, 6.45) is -4.70. The maximum Gasteiger partial charge on any atom is 0.469 e. The molecule has 3 nitrogen and oxygen atoms in total. The van der Waals surface area contributed by atoms with Gasteiger partial charge in [-0.15, -0.1) is 0 Å². The van der Waals surface area contributed by atoms with Gasteiger partial charge in [0.1, 0.15) is 5.69 Å². The van der Waals surface area contributed by atoms with Crippen LogP contribution in [-0.2, 0) is 6.18 Å². The minimum absolute atomic E-state index is 0.147. The molecular weight excluding hydrogens is 292 g/mol. The summed E-state index contributed by atoms with van der Waals surface area (Å²) in [4.78, 5) is 3.30. The third kappa shape index (κ3) is 2.54. The van der Waals surface area contributed by atoms with Crippen molar-refractivity contribution in [2.45, 2.75) is 6.18 Å². The first-order valence-electron chi connectivity index (χ1n) is 4.57. The first-order valence-corrected chi connectivity index (χ1v) is 5.33. The summed E-state index contributed by atoms with van der Waals surface area (Å²) >= 11 is 11.5. The van der Waals surface area contributed by atoms with Crippen LogP contribution in [0, 0.1) is 0 Å². The highest BCUT2D eigenvalue weighted by molar-refractivity contribution is 6.35. The van der Waals surface area contributed by atoms with Gasteiger partial charge in [0.15, 0.2) is 0 Å². The molecule has 2 rings (SSSR count). The number of nitrogen functional groups attached to an aromatic ring is 1. The molecule has 0 aliphatic carbocycles. The lowest BCUT2D eigenvalue weighted by molar-refractivity contribution is -0.156. The lowest BCUT2D eigenvalue weighted by Gasteiger charge is -2.00. The molecule has 1 heterocycles. The molecule has 0 unspecified atom stereocenters. The molecule has 96 valence electrons. The highest BCUT2D eigenvalue weighted by Crippen LogP contribution is 2.36. The summed E-state index contributed by atoms with van der Waals surface area (Å²) in [5.74, 6) is -1.85. The van der Waals surface area contributed by atoms with Crippen LogP contribution in [0.2, 0.25) is 10.0 Å². The molecule has 2 N–H and O–H groups in total. The summed E-state index contributed by atoms with van der Waals surface area (Å²) in [5.41, 5.74) is 5.46.